The van der Waals surface area contributed by atoms with Crippen molar-refractivity contribution < 1.29 is 4.74 Å². The van der Waals surface area contributed by atoms with Crippen molar-refractivity contribution in [3.63, 3.8) is 0 Å². The van der Waals surface area contributed by atoms with Gasteiger partial charge in [-0.3, -0.25) is 4.90 Å². The quantitative estimate of drug-likeness (QED) is 0.808. The highest BCUT2D eigenvalue weighted by Gasteiger charge is 2.47. The average Bonchev–Trinajstić information content (AvgIpc) is 2.91. The molecule has 2 aliphatic carbocycles. The van der Waals surface area contributed by atoms with Gasteiger partial charge >= 0.3 is 0 Å². The molecule has 1 spiro atoms. The van der Waals surface area contributed by atoms with E-state index < -0.39 is 0 Å². The first-order valence-electron chi connectivity index (χ1n) is 7.95. The molecule has 0 bridgehead atoms. The van der Waals surface area contributed by atoms with Gasteiger partial charge in [-0.15, -0.1) is 0 Å². The molecule has 2 heterocycles. The fraction of sp³-hybridized carbons (Fsp3) is 1.00. The highest BCUT2D eigenvalue weighted by molar-refractivity contribution is 5.05. The van der Waals surface area contributed by atoms with Gasteiger partial charge in [-0.25, -0.2) is 0 Å². The minimum atomic E-state index is 0.466. The smallest absolute Gasteiger partial charge is 0.0622 e. The molecule has 0 aromatic heterocycles. The van der Waals surface area contributed by atoms with Crippen molar-refractivity contribution in [1.82, 2.24) is 10.2 Å². The minimum Gasteiger partial charge on any atom is -0.380 e. The lowest BCUT2D eigenvalue weighted by Gasteiger charge is -2.49. The van der Waals surface area contributed by atoms with E-state index in [0.717, 1.165) is 31.2 Å². The Morgan fingerprint density at radius 2 is 1.94 bits per heavy atom. The summed E-state index contributed by atoms with van der Waals surface area (Å²) < 4.78 is 5.65. The third kappa shape index (κ3) is 2.00. The van der Waals surface area contributed by atoms with E-state index in [-0.39, 0.29) is 0 Å². The van der Waals surface area contributed by atoms with Crippen molar-refractivity contribution in [3.8, 4) is 0 Å². The van der Waals surface area contributed by atoms with Crippen LogP contribution >= 0.6 is 0 Å². The van der Waals surface area contributed by atoms with Crippen LogP contribution in [0.25, 0.3) is 0 Å². The van der Waals surface area contributed by atoms with E-state index in [0.29, 0.717) is 5.54 Å². The Bertz CT molecular complexity index is 304. The van der Waals surface area contributed by atoms with Crippen LogP contribution in [0.5, 0.6) is 0 Å². The van der Waals surface area contributed by atoms with Crippen molar-refractivity contribution in [2.75, 3.05) is 26.3 Å². The van der Waals surface area contributed by atoms with E-state index in [9.17, 15) is 0 Å². The molecule has 4 fully saturated rings. The second kappa shape index (κ2) is 4.46. The Morgan fingerprint density at radius 3 is 2.61 bits per heavy atom. The number of hydrogen-bond acceptors (Lipinski definition) is 3. The zero-order valence-electron chi connectivity index (χ0n) is 11.4. The summed E-state index contributed by atoms with van der Waals surface area (Å²) >= 11 is 0. The Balaban J connectivity index is 1.52. The van der Waals surface area contributed by atoms with E-state index >= 15 is 0 Å². The molecule has 2 atom stereocenters. The molecule has 2 unspecified atom stereocenters. The topological polar surface area (TPSA) is 24.5 Å². The highest BCUT2D eigenvalue weighted by atomic mass is 16.5. The van der Waals surface area contributed by atoms with Crippen LogP contribution in [-0.2, 0) is 4.74 Å². The van der Waals surface area contributed by atoms with Gasteiger partial charge in [0.05, 0.1) is 6.61 Å². The standard InChI is InChI=1S/C15H26N2O/c1-2-7-15(6-1)11-17(13-5-8-18-10-13)14(9-16-15)12-3-4-12/h12-14,16H,1-11H2. The van der Waals surface area contributed by atoms with Gasteiger partial charge in [0, 0.05) is 37.3 Å². The van der Waals surface area contributed by atoms with E-state index in [4.69, 9.17) is 4.74 Å². The third-order valence-corrected chi connectivity index (χ3v) is 5.70. The molecular formula is C15H26N2O. The van der Waals surface area contributed by atoms with Crippen LogP contribution in [0.1, 0.15) is 44.9 Å². The van der Waals surface area contributed by atoms with Crippen LogP contribution in [0.2, 0.25) is 0 Å². The number of nitrogens with zero attached hydrogens (tertiary/aromatic N) is 1. The number of piperazine rings is 1. The summed E-state index contributed by atoms with van der Waals surface area (Å²) in [4.78, 5) is 2.85. The van der Waals surface area contributed by atoms with Crippen LogP contribution in [0.15, 0.2) is 0 Å². The highest BCUT2D eigenvalue weighted by Crippen LogP contribution is 2.41. The number of ether oxygens (including phenoxy) is 1. The molecule has 2 saturated heterocycles. The second-order valence-electron chi connectivity index (χ2n) is 6.96. The Hall–Kier alpha value is -0.120. The predicted octanol–water partition coefficient (Wildman–Crippen LogP) is 1.77. The van der Waals surface area contributed by atoms with Crippen molar-refractivity contribution in [2.45, 2.75) is 62.6 Å². The van der Waals surface area contributed by atoms with Gasteiger partial charge < -0.3 is 10.1 Å². The van der Waals surface area contributed by atoms with Gasteiger partial charge in [0.2, 0.25) is 0 Å². The van der Waals surface area contributed by atoms with Crippen LogP contribution in [0, 0.1) is 5.92 Å². The van der Waals surface area contributed by atoms with E-state index in [2.05, 4.69) is 10.2 Å². The first-order chi connectivity index (χ1) is 8.86. The maximum atomic E-state index is 5.65. The average molecular weight is 250 g/mol. The fourth-order valence-electron chi connectivity index (χ4n) is 4.45. The van der Waals surface area contributed by atoms with Gasteiger partial charge in [0.25, 0.3) is 0 Å². The normalized spacial score (nSPS) is 40.7. The summed E-state index contributed by atoms with van der Waals surface area (Å²) in [5.74, 6) is 0.983. The summed E-state index contributed by atoms with van der Waals surface area (Å²) in [7, 11) is 0. The zero-order chi connectivity index (χ0) is 12.0. The summed E-state index contributed by atoms with van der Waals surface area (Å²) in [6, 6.07) is 1.53. The van der Waals surface area contributed by atoms with E-state index in [1.165, 1.54) is 58.0 Å². The zero-order valence-corrected chi connectivity index (χ0v) is 11.4. The summed E-state index contributed by atoms with van der Waals surface area (Å²) in [5, 5.41) is 3.94. The van der Waals surface area contributed by atoms with Crippen molar-refractivity contribution in [1.29, 1.82) is 0 Å². The monoisotopic (exact) mass is 250 g/mol. The first kappa shape index (κ1) is 11.7. The van der Waals surface area contributed by atoms with Crippen molar-refractivity contribution in [3.05, 3.63) is 0 Å². The Kier molecular flexibility index (Phi) is 2.90. The molecule has 0 amide bonds. The fourth-order valence-corrected chi connectivity index (χ4v) is 4.45. The number of nitrogens with one attached hydrogen (secondary N) is 1. The van der Waals surface area contributed by atoms with E-state index in [1.54, 1.807) is 0 Å². The molecule has 18 heavy (non-hydrogen) atoms. The van der Waals surface area contributed by atoms with Gasteiger partial charge in [-0.1, -0.05) is 12.8 Å². The molecule has 102 valence electrons. The van der Waals surface area contributed by atoms with Crippen LogP contribution in [-0.4, -0.2) is 48.8 Å². The summed E-state index contributed by atoms with van der Waals surface area (Å²) in [6.07, 6.45) is 9.83. The lowest BCUT2D eigenvalue weighted by atomic mass is 9.89. The molecule has 4 rings (SSSR count). The van der Waals surface area contributed by atoms with Crippen molar-refractivity contribution in [2.24, 2.45) is 5.92 Å². The van der Waals surface area contributed by atoms with E-state index in [1.807, 2.05) is 0 Å². The van der Waals surface area contributed by atoms with Crippen LogP contribution in [0.3, 0.4) is 0 Å². The second-order valence-corrected chi connectivity index (χ2v) is 6.96. The molecule has 0 aromatic rings. The third-order valence-electron chi connectivity index (χ3n) is 5.70. The molecule has 3 heteroatoms. The predicted molar refractivity (Wildman–Crippen MR) is 71.6 cm³/mol. The van der Waals surface area contributed by atoms with Gasteiger partial charge in [-0.2, -0.15) is 0 Å². The van der Waals surface area contributed by atoms with Gasteiger partial charge in [-0.05, 0) is 38.0 Å². The molecule has 3 nitrogen and oxygen atoms in total. The lowest BCUT2D eigenvalue weighted by molar-refractivity contribution is 0.0275. The molecule has 4 aliphatic rings. The largest absolute Gasteiger partial charge is 0.380 e. The molecule has 2 saturated carbocycles. The molecule has 0 radical (unpaired) electrons. The lowest BCUT2D eigenvalue weighted by Crippen LogP contribution is -2.66. The maximum Gasteiger partial charge on any atom is 0.0622 e. The van der Waals surface area contributed by atoms with Crippen LogP contribution in [0.4, 0.5) is 0 Å². The van der Waals surface area contributed by atoms with Gasteiger partial charge in [0.15, 0.2) is 0 Å². The maximum absolute atomic E-state index is 5.65. The molecule has 2 aliphatic heterocycles. The van der Waals surface area contributed by atoms with Gasteiger partial charge in [0.1, 0.15) is 0 Å². The Labute approximate surface area is 110 Å². The first-order valence-corrected chi connectivity index (χ1v) is 7.95. The Morgan fingerprint density at radius 1 is 1.11 bits per heavy atom. The minimum absolute atomic E-state index is 0.466. The van der Waals surface area contributed by atoms with Crippen LogP contribution < -0.4 is 5.32 Å². The molecule has 0 aromatic carbocycles. The summed E-state index contributed by atoms with van der Waals surface area (Å²) in [5.41, 5.74) is 0.466. The molecule has 1 N–H and O–H groups in total. The number of rotatable bonds is 2. The summed E-state index contributed by atoms with van der Waals surface area (Å²) in [6.45, 7) is 4.50. The number of hydrogen-bond donors (Lipinski definition) is 1. The van der Waals surface area contributed by atoms with Crippen molar-refractivity contribution >= 4 is 0 Å². The molecular weight excluding hydrogens is 224 g/mol. The SMILES string of the molecule is C1CCC2(C1)CN(C1CCOC1)C(C1CC1)CN2.